The first-order valence-corrected chi connectivity index (χ1v) is 10.2. The van der Waals surface area contributed by atoms with E-state index in [9.17, 15) is 0 Å². The maximum atomic E-state index is 4.34. The van der Waals surface area contributed by atoms with Crippen molar-refractivity contribution in [2.24, 2.45) is 10.9 Å². The lowest BCUT2D eigenvalue weighted by Gasteiger charge is -2.21. The van der Waals surface area contributed by atoms with Crippen molar-refractivity contribution in [2.75, 3.05) is 13.6 Å². The van der Waals surface area contributed by atoms with Crippen molar-refractivity contribution >= 4 is 29.9 Å². The fourth-order valence-electron chi connectivity index (χ4n) is 3.82. The van der Waals surface area contributed by atoms with Gasteiger partial charge in [-0.1, -0.05) is 56.4 Å². The molecule has 1 aliphatic carbocycles. The zero-order chi connectivity index (χ0) is 18.7. The summed E-state index contributed by atoms with van der Waals surface area (Å²) < 4.78 is 1.83. The molecule has 1 fully saturated rings. The average molecular weight is 496 g/mol. The second-order valence-electron chi connectivity index (χ2n) is 7.41. The van der Waals surface area contributed by atoms with Gasteiger partial charge in [-0.3, -0.25) is 4.99 Å². The number of hydrogen-bond acceptors (Lipinski definition) is 3. The van der Waals surface area contributed by atoms with Crippen LogP contribution in [0.3, 0.4) is 0 Å². The SMILES string of the molecule is CN=C(NCCCC1CCCCC1)NCc1cccc(Cn2cncn2)c1.I. The van der Waals surface area contributed by atoms with E-state index in [1.807, 2.05) is 11.7 Å². The number of halogens is 1. The van der Waals surface area contributed by atoms with Crippen LogP contribution in [0.5, 0.6) is 0 Å². The molecule has 0 radical (unpaired) electrons. The number of hydrogen-bond donors (Lipinski definition) is 2. The van der Waals surface area contributed by atoms with Gasteiger partial charge in [-0.05, 0) is 29.9 Å². The van der Waals surface area contributed by atoms with Crippen LogP contribution in [0.2, 0.25) is 0 Å². The van der Waals surface area contributed by atoms with Gasteiger partial charge in [0.25, 0.3) is 0 Å². The third-order valence-corrected chi connectivity index (χ3v) is 5.29. The number of nitrogens with one attached hydrogen (secondary N) is 2. The van der Waals surface area contributed by atoms with Crippen molar-refractivity contribution in [3.05, 3.63) is 48.0 Å². The van der Waals surface area contributed by atoms with Crippen LogP contribution in [0.4, 0.5) is 0 Å². The lowest BCUT2D eigenvalue weighted by Crippen LogP contribution is -2.37. The van der Waals surface area contributed by atoms with Gasteiger partial charge in [0, 0.05) is 20.1 Å². The Morgan fingerprint density at radius 1 is 1.18 bits per heavy atom. The van der Waals surface area contributed by atoms with E-state index >= 15 is 0 Å². The van der Waals surface area contributed by atoms with Crippen molar-refractivity contribution in [3.8, 4) is 0 Å². The third-order valence-electron chi connectivity index (χ3n) is 5.29. The van der Waals surface area contributed by atoms with E-state index in [4.69, 9.17) is 0 Å². The molecule has 0 amide bonds. The summed E-state index contributed by atoms with van der Waals surface area (Å²) in [4.78, 5) is 8.33. The molecule has 0 spiro atoms. The number of rotatable bonds is 8. The van der Waals surface area contributed by atoms with Crippen LogP contribution >= 0.6 is 24.0 Å². The molecule has 1 aromatic heterocycles. The average Bonchev–Trinajstić information content (AvgIpc) is 3.21. The van der Waals surface area contributed by atoms with Gasteiger partial charge in [0.2, 0.25) is 0 Å². The first kappa shape index (κ1) is 22.6. The second kappa shape index (κ2) is 12.7. The molecule has 2 N–H and O–H groups in total. The van der Waals surface area contributed by atoms with E-state index in [0.717, 1.165) is 31.5 Å². The van der Waals surface area contributed by atoms with Gasteiger partial charge < -0.3 is 10.6 Å². The van der Waals surface area contributed by atoms with E-state index in [2.05, 4.69) is 50.0 Å². The topological polar surface area (TPSA) is 67.1 Å². The van der Waals surface area contributed by atoms with Gasteiger partial charge in [0.1, 0.15) is 12.7 Å². The van der Waals surface area contributed by atoms with Gasteiger partial charge in [0.15, 0.2) is 5.96 Å². The van der Waals surface area contributed by atoms with E-state index < -0.39 is 0 Å². The van der Waals surface area contributed by atoms with Crippen LogP contribution in [0, 0.1) is 5.92 Å². The monoisotopic (exact) mass is 496 g/mol. The van der Waals surface area contributed by atoms with Crippen molar-refractivity contribution < 1.29 is 0 Å². The molecule has 0 unspecified atom stereocenters. The smallest absolute Gasteiger partial charge is 0.191 e. The zero-order valence-corrected chi connectivity index (χ0v) is 19.1. The van der Waals surface area contributed by atoms with Crippen LogP contribution in [-0.4, -0.2) is 34.3 Å². The van der Waals surface area contributed by atoms with Crippen LogP contribution in [0.1, 0.15) is 56.1 Å². The largest absolute Gasteiger partial charge is 0.356 e. The Balaban J connectivity index is 0.00000280. The summed E-state index contributed by atoms with van der Waals surface area (Å²) in [5.74, 6) is 1.82. The molecule has 0 bridgehead atoms. The Labute approximate surface area is 185 Å². The highest BCUT2D eigenvalue weighted by atomic mass is 127. The molecule has 0 saturated heterocycles. The molecule has 0 atom stereocenters. The lowest BCUT2D eigenvalue weighted by molar-refractivity contribution is 0.332. The third kappa shape index (κ3) is 7.77. The van der Waals surface area contributed by atoms with Crippen molar-refractivity contribution in [1.82, 2.24) is 25.4 Å². The Hall–Kier alpha value is -1.64. The highest BCUT2D eigenvalue weighted by Crippen LogP contribution is 2.26. The Morgan fingerprint density at radius 2 is 2.00 bits per heavy atom. The number of nitrogens with zero attached hydrogens (tertiary/aromatic N) is 4. The summed E-state index contributed by atoms with van der Waals surface area (Å²) in [6.45, 7) is 2.48. The molecular formula is C21H33IN6. The van der Waals surface area contributed by atoms with Gasteiger partial charge in [-0.25, -0.2) is 9.67 Å². The standard InChI is InChI=1S/C21H32N6.HI/c1-22-21(24-12-6-11-18-7-3-2-4-8-18)25-14-19-9-5-10-20(13-19)15-27-17-23-16-26-27;/h5,9-10,13,16-18H,2-4,6-8,11-12,14-15H2,1H3,(H2,22,24,25);1H. The summed E-state index contributed by atoms with van der Waals surface area (Å²) in [5, 5.41) is 11.0. The highest BCUT2D eigenvalue weighted by molar-refractivity contribution is 14.0. The fraction of sp³-hybridized carbons (Fsp3) is 0.571. The highest BCUT2D eigenvalue weighted by Gasteiger charge is 2.12. The molecule has 28 heavy (non-hydrogen) atoms. The Morgan fingerprint density at radius 3 is 2.75 bits per heavy atom. The number of guanidine groups is 1. The predicted octanol–water partition coefficient (Wildman–Crippen LogP) is 3.97. The zero-order valence-electron chi connectivity index (χ0n) is 16.8. The summed E-state index contributed by atoms with van der Waals surface area (Å²) >= 11 is 0. The number of aromatic nitrogens is 3. The van der Waals surface area contributed by atoms with Gasteiger partial charge >= 0.3 is 0 Å². The molecule has 1 aliphatic rings. The first-order valence-electron chi connectivity index (χ1n) is 10.2. The van der Waals surface area contributed by atoms with Gasteiger partial charge in [-0.15, -0.1) is 24.0 Å². The van der Waals surface area contributed by atoms with Gasteiger partial charge in [0.05, 0.1) is 6.54 Å². The maximum absolute atomic E-state index is 4.34. The number of aliphatic imine (C=N–C) groups is 1. The van der Waals surface area contributed by atoms with Crippen LogP contribution < -0.4 is 10.6 Å². The summed E-state index contributed by atoms with van der Waals surface area (Å²) in [6.07, 6.45) is 13.0. The fourth-order valence-corrected chi connectivity index (χ4v) is 3.82. The summed E-state index contributed by atoms with van der Waals surface area (Å²) in [5.41, 5.74) is 2.45. The number of benzene rings is 1. The van der Waals surface area contributed by atoms with E-state index in [0.29, 0.717) is 0 Å². The summed E-state index contributed by atoms with van der Waals surface area (Å²) in [6, 6.07) is 8.53. The molecule has 0 aliphatic heterocycles. The van der Waals surface area contributed by atoms with Crippen LogP contribution in [0.15, 0.2) is 41.9 Å². The quantitative estimate of drug-likeness (QED) is 0.251. The predicted molar refractivity (Wildman–Crippen MR) is 125 cm³/mol. The van der Waals surface area contributed by atoms with Gasteiger partial charge in [-0.2, -0.15) is 5.10 Å². The first-order chi connectivity index (χ1) is 13.3. The Kier molecular flexibility index (Phi) is 10.3. The molecular weight excluding hydrogens is 463 g/mol. The molecule has 1 heterocycles. The Bertz CT molecular complexity index is 695. The molecule has 3 rings (SSSR count). The molecule has 1 aromatic carbocycles. The van der Waals surface area contributed by atoms with E-state index in [-0.39, 0.29) is 24.0 Å². The van der Waals surface area contributed by atoms with E-state index in [1.54, 1.807) is 12.7 Å². The second-order valence-corrected chi connectivity index (χ2v) is 7.41. The normalized spacial score (nSPS) is 15.1. The molecule has 154 valence electrons. The molecule has 2 aromatic rings. The maximum Gasteiger partial charge on any atom is 0.191 e. The van der Waals surface area contributed by atoms with E-state index in [1.165, 1.54) is 56.1 Å². The van der Waals surface area contributed by atoms with Crippen molar-refractivity contribution in [3.63, 3.8) is 0 Å². The minimum atomic E-state index is 0. The lowest BCUT2D eigenvalue weighted by atomic mass is 9.86. The van der Waals surface area contributed by atoms with Crippen molar-refractivity contribution in [1.29, 1.82) is 0 Å². The molecule has 1 saturated carbocycles. The minimum Gasteiger partial charge on any atom is -0.356 e. The summed E-state index contributed by atoms with van der Waals surface area (Å²) in [7, 11) is 1.83. The molecule has 6 nitrogen and oxygen atoms in total. The van der Waals surface area contributed by atoms with Crippen LogP contribution in [0.25, 0.3) is 0 Å². The van der Waals surface area contributed by atoms with Crippen molar-refractivity contribution in [2.45, 2.75) is 58.0 Å². The van der Waals surface area contributed by atoms with Crippen LogP contribution in [-0.2, 0) is 13.1 Å². The minimum absolute atomic E-state index is 0. The molecule has 7 heteroatoms.